The molecule has 2 N–H and O–H groups in total. The molecule has 0 bridgehead atoms. The normalized spacial score (nSPS) is 15.4. The molecular weight excluding hydrogens is 256 g/mol. The van der Waals surface area contributed by atoms with Crippen LogP contribution < -0.4 is 5.32 Å². The molecular formula is C8H13F6NO2. The van der Waals surface area contributed by atoms with E-state index in [4.69, 9.17) is 5.11 Å². The van der Waals surface area contributed by atoms with E-state index in [0.29, 0.717) is 0 Å². The number of halogens is 6. The fraction of sp³-hybridized carbons (Fsp3) is 1.00. The van der Waals surface area contributed by atoms with Gasteiger partial charge in [-0.15, -0.1) is 0 Å². The quantitative estimate of drug-likeness (QED) is 0.717. The van der Waals surface area contributed by atoms with E-state index in [0.717, 1.165) is 0 Å². The van der Waals surface area contributed by atoms with Crippen LogP contribution in [0.4, 0.5) is 26.3 Å². The average Bonchev–Trinajstić information content (AvgIpc) is 2.12. The SMILES string of the molecule is CCNC(CO)COC(C(F)(F)F)C(F)(F)F. The number of hydrogen-bond donors (Lipinski definition) is 2. The van der Waals surface area contributed by atoms with Gasteiger partial charge in [-0.25, -0.2) is 0 Å². The van der Waals surface area contributed by atoms with Gasteiger partial charge in [0.25, 0.3) is 0 Å². The minimum atomic E-state index is -5.52. The van der Waals surface area contributed by atoms with Gasteiger partial charge in [0, 0.05) is 0 Å². The highest BCUT2D eigenvalue weighted by Gasteiger charge is 2.58. The second-order valence-corrected chi connectivity index (χ2v) is 3.23. The summed E-state index contributed by atoms with van der Waals surface area (Å²) in [7, 11) is 0. The first kappa shape index (κ1) is 16.5. The molecule has 1 unspecified atom stereocenters. The van der Waals surface area contributed by atoms with Gasteiger partial charge in [-0.3, -0.25) is 0 Å². The third-order valence-corrected chi connectivity index (χ3v) is 1.77. The first-order valence-electron chi connectivity index (χ1n) is 4.72. The molecule has 0 rings (SSSR count). The van der Waals surface area contributed by atoms with E-state index >= 15 is 0 Å². The van der Waals surface area contributed by atoms with Gasteiger partial charge in [0.1, 0.15) is 0 Å². The van der Waals surface area contributed by atoms with Gasteiger partial charge >= 0.3 is 12.4 Å². The van der Waals surface area contributed by atoms with Crippen LogP contribution in [0.5, 0.6) is 0 Å². The highest BCUT2D eigenvalue weighted by molar-refractivity contribution is 4.77. The predicted octanol–water partition coefficient (Wildman–Crippen LogP) is 1.47. The molecule has 104 valence electrons. The van der Waals surface area contributed by atoms with Crippen molar-refractivity contribution in [2.75, 3.05) is 19.8 Å². The molecule has 0 radical (unpaired) electrons. The van der Waals surface area contributed by atoms with Crippen LogP contribution in [0.25, 0.3) is 0 Å². The number of likely N-dealkylation sites (N-methyl/N-ethyl adjacent to an activating group) is 1. The van der Waals surface area contributed by atoms with Gasteiger partial charge < -0.3 is 15.2 Å². The van der Waals surface area contributed by atoms with Crippen molar-refractivity contribution in [1.82, 2.24) is 5.32 Å². The molecule has 0 aliphatic heterocycles. The number of hydrogen-bond acceptors (Lipinski definition) is 3. The number of nitrogens with one attached hydrogen (secondary N) is 1. The summed E-state index contributed by atoms with van der Waals surface area (Å²) in [6, 6.07) is -0.966. The zero-order valence-electron chi connectivity index (χ0n) is 8.90. The molecule has 0 aromatic carbocycles. The topological polar surface area (TPSA) is 41.5 Å². The summed E-state index contributed by atoms with van der Waals surface area (Å²) in [5.74, 6) is 0. The minimum absolute atomic E-state index is 0.289. The second-order valence-electron chi connectivity index (χ2n) is 3.23. The number of ether oxygens (including phenoxy) is 1. The van der Waals surface area contributed by atoms with Crippen molar-refractivity contribution in [3.63, 3.8) is 0 Å². The Morgan fingerprint density at radius 1 is 1.12 bits per heavy atom. The van der Waals surface area contributed by atoms with Crippen molar-refractivity contribution < 1.29 is 36.2 Å². The van der Waals surface area contributed by atoms with Gasteiger partial charge in [-0.2, -0.15) is 26.3 Å². The van der Waals surface area contributed by atoms with E-state index < -0.39 is 37.7 Å². The highest BCUT2D eigenvalue weighted by Crippen LogP contribution is 2.35. The number of aliphatic hydroxyl groups excluding tert-OH is 1. The van der Waals surface area contributed by atoms with E-state index in [9.17, 15) is 26.3 Å². The van der Waals surface area contributed by atoms with Crippen LogP contribution in [0.3, 0.4) is 0 Å². The van der Waals surface area contributed by atoms with E-state index in [-0.39, 0.29) is 6.54 Å². The Kier molecular flexibility index (Phi) is 6.20. The van der Waals surface area contributed by atoms with Gasteiger partial charge in [-0.1, -0.05) is 6.92 Å². The molecule has 9 heteroatoms. The Morgan fingerprint density at radius 2 is 1.59 bits per heavy atom. The molecule has 3 nitrogen and oxygen atoms in total. The first-order chi connectivity index (χ1) is 7.62. The lowest BCUT2D eigenvalue weighted by Crippen LogP contribution is -2.47. The standard InChI is InChI=1S/C8H13F6NO2/c1-2-15-5(3-16)4-17-6(7(9,10)11)8(12,13)14/h5-6,15-16H,2-4H2,1H3. The fourth-order valence-corrected chi connectivity index (χ4v) is 1.05. The molecule has 0 spiro atoms. The average molecular weight is 269 g/mol. The summed E-state index contributed by atoms with van der Waals surface area (Å²) in [4.78, 5) is 0. The molecule has 0 aromatic heterocycles. The molecule has 0 amide bonds. The number of rotatable bonds is 6. The third kappa shape index (κ3) is 6.08. The Balaban J connectivity index is 4.46. The van der Waals surface area contributed by atoms with Gasteiger partial charge in [0.15, 0.2) is 0 Å². The summed E-state index contributed by atoms with van der Waals surface area (Å²) in [5.41, 5.74) is 0. The Hall–Kier alpha value is -0.540. The van der Waals surface area contributed by atoms with Crippen LogP contribution in [0.2, 0.25) is 0 Å². The van der Waals surface area contributed by atoms with Crippen LogP contribution in [0.15, 0.2) is 0 Å². The van der Waals surface area contributed by atoms with Crippen molar-refractivity contribution in [2.45, 2.75) is 31.4 Å². The highest BCUT2D eigenvalue weighted by atomic mass is 19.4. The fourth-order valence-electron chi connectivity index (χ4n) is 1.05. The largest absolute Gasteiger partial charge is 0.423 e. The third-order valence-electron chi connectivity index (χ3n) is 1.77. The van der Waals surface area contributed by atoms with Gasteiger partial charge in [0.05, 0.1) is 19.3 Å². The van der Waals surface area contributed by atoms with E-state index in [2.05, 4.69) is 10.1 Å². The minimum Gasteiger partial charge on any atom is -0.395 e. The smallest absolute Gasteiger partial charge is 0.395 e. The first-order valence-corrected chi connectivity index (χ1v) is 4.72. The lowest BCUT2D eigenvalue weighted by molar-refractivity contribution is -0.322. The van der Waals surface area contributed by atoms with E-state index in [1.165, 1.54) is 0 Å². The van der Waals surface area contributed by atoms with Crippen molar-refractivity contribution in [3.8, 4) is 0 Å². The second kappa shape index (κ2) is 6.41. The lowest BCUT2D eigenvalue weighted by atomic mass is 10.3. The maximum atomic E-state index is 12.0. The molecule has 0 saturated heterocycles. The maximum absolute atomic E-state index is 12.0. The van der Waals surface area contributed by atoms with Gasteiger partial charge in [-0.05, 0) is 6.54 Å². The molecule has 0 saturated carbocycles. The van der Waals surface area contributed by atoms with Crippen molar-refractivity contribution in [1.29, 1.82) is 0 Å². The lowest BCUT2D eigenvalue weighted by Gasteiger charge is -2.25. The summed E-state index contributed by atoms with van der Waals surface area (Å²) < 4.78 is 76.0. The zero-order chi connectivity index (χ0) is 13.7. The van der Waals surface area contributed by atoms with Crippen LogP contribution in [0, 0.1) is 0 Å². The Bertz CT molecular complexity index is 203. The van der Waals surface area contributed by atoms with Crippen molar-refractivity contribution >= 4 is 0 Å². The van der Waals surface area contributed by atoms with Crippen LogP contribution in [-0.4, -0.2) is 49.4 Å². The van der Waals surface area contributed by atoms with E-state index in [1.807, 2.05) is 0 Å². The molecule has 0 aliphatic carbocycles. The summed E-state index contributed by atoms with van der Waals surface area (Å²) >= 11 is 0. The molecule has 0 aliphatic rings. The van der Waals surface area contributed by atoms with Gasteiger partial charge in [0.2, 0.25) is 6.10 Å². The summed E-state index contributed by atoms with van der Waals surface area (Å²) in [6.07, 6.45) is -14.9. The molecule has 0 heterocycles. The Labute approximate surface area is 93.7 Å². The monoisotopic (exact) mass is 269 g/mol. The van der Waals surface area contributed by atoms with Crippen LogP contribution in [0.1, 0.15) is 6.92 Å². The maximum Gasteiger partial charge on any atom is 0.423 e. The number of alkyl halides is 6. The van der Waals surface area contributed by atoms with Crippen LogP contribution >= 0.6 is 0 Å². The van der Waals surface area contributed by atoms with E-state index in [1.54, 1.807) is 6.92 Å². The molecule has 0 aromatic rings. The summed E-state index contributed by atoms with van der Waals surface area (Å²) in [5, 5.41) is 11.2. The van der Waals surface area contributed by atoms with Crippen molar-refractivity contribution in [3.05, 3.63) is 0 Å². The summed E-state index contributed by atoms with van der Waals surface area (Å²) in [6.45, 7) is 0.384. The zero-order valence-corrected chi connectivity index (χ0v) is 8.90. The predicted molar refractivity (Wildman–Crippen MR) is 46.4 cm³/mol. The molecule has 17 heavy (non-hydrogen) atoms. The Morgan fingerprint density at radius 3 is 1.88 bits per heavy atom. The van der Waals surface area contributed by atoms with Crippen LogP contribution in [-0.2, 0) is 4.74 Å². The van der Waals surface area contributed by atoms with Crippen molar-refractivity contribution in [2.24, 2.45) is 0 Å². The molecule has 1 atom stereocenters. The number of aliphatic hydroxyl groups is 1. The molecule has 0 fully saturated rings.